The van der Waals surface area contributed by atoms with Crippen molar-refractivity contribution in [3.05, 3.63) is 27.7 Å². The summed E-state index contributed by atoms with van der Waals surface area (Å²) in [7, 11) is 0. The standard InChI is InChI=1S/C12H14BrClN2O/c1-3-17-8-12(2,7-15)16-9-4-5-11(14)10(13)6-9/h4-6,16H,3,8H2,1-2H3. The van der Waals surface area contributed by atoms with Gasteiger partial charge in [-0.25, -0.2) is 0 Å². The lowest BCUT2D eigenvalue weighted by atomic mass is 10.1. The van der Waals surface area contributed by atoms with E-state index in [4.69, 9.17) is 21.6 Å². The number of halogens is 2. The lowest BCUT2D eigenvalue weighted by molar-refractivity contribution is 0.125. The van der Waals surface area contributed by atoms with Gasteiger partial charge in [-0.3, -0.25) is 0 Å². The van der Waals surface area contributed by atoms with E-state index in [9.17, 15) is 0 Å². The Morgan fingerprint density at radius 2 is 2.29 bits per heavy atom. The molecule has 1 unspecified atom stereocenters. The van der Waals surface area contributed by atoms with Crippen LogP contribution < -0.4 is 5.32 Å². The SMILES string of the molecule is CCOCC(C)(C#N)Nc1ccc(Cl)c(Br)c1. The Labute approximate surface area is 115 Å². The van der Waals surface area contributed by atoms with Gasteiger partial charge in [-0.15, -0.1) is 0 Å². The molecule has 0 fully saturated rings. The van der Waals surface area contributed by atoms with Gasteiger partial charge in [-0.1, -0.05) is 11.6 Å². The van der Waals surface area contributed by atoms with E-state index in [1.807, 2.05) is 19.1 Å². The average Bonchev–Trinajstić information content (AvgIpc) is 2.31. The highest BCUT2D eigenvalue weighted by atomic mass is 79.9. The Morgan fingerprint density at radius 3 is 2.82 bits per heavy atom. The van der Waals surface area contributed by atoms with Gasteiger partial charge in [-0.2, -0.15) is 5.26 Å². The fourth-order valence-electron chi connectivity index (χ4n) is 1.29. The van der Waals surface area contributed by atoms with E-state index in [0.717, 1.165) is 10.2 Å². The molecule has 0 bridgehead atoms. The molecule has 3 nitrogen and oxygen atoms in total. The van der Waals surface area contributed by atoms with E-state index in [-0.39, 0.29) is 0 Å². The number of rotatable bonds is 5. The topological polar surface area (TPSA) is 45.0 Å². The van der Waals surface area contributed by atoms with Crippen molar-refractivity contribution in [3.63, 3.8) is 0 Å². The number of nitriles is 1. The number of hydrogen-bond acceptors (Lipinski definition) is 3. The van der Waals surface area contributed by atoms with Crippen LogP contribution in [0.15, 0.2) is 22.7 Å². The molecular formula is C12H14BrClN2O. The number of nitrogens with zero attached hydrogens (tertiary/aromatic N) is 1. The molecule has 0 radical (unpaired) electrons. The molecule has 1 atom stereocenters. The van der Waals surface area contributed by atoms with Gasteiger partial charge in [0, 0.05) is 16.8 Å². The summed E-state index contributed by atoms with van der Waals surface area (Å²) >= 11 is 9.25. The van der Waals surface area contributed by atoms with E-state index in [2.05, 4.69) is 27.3 Å². The molecule has 1 N–H and O–H groups in total. The van der Waals surface area contributed by atoms with Crippen molar-refractivity contribution in [2.75, 3.05) is 18.5 Å². The molecule has 0 aliphatic heterocycles. The largest absolute Gasteiger partial charge is 0.378 e. The van der Waals surface area contributed by atoms with Crippen LogP contribution in [0.1, 0.15) is 13.8 Å². The maximum atomic E-state index is 9.17. The van der Waals surface area contributed by atoms with Gasteiger partial charge in [0.1, 0.15) is 5.54 Å². The number of nitrogens with one attached hydrogen (secondary N) is 1. The Balaban J connectivity index is 2.80. The van der Waals surface area contributed by atoms with Crippen molar-refractivity contribution in [2.45, 2.75) is 19.4 Å². The van der Waals surface area contributed by atoms with Crippen LogP contribution in [0.4, 0.5) is 5.69 Å². The van der Waals surface area contributed by atoms with Crippen molar-refractivity contribution in [2.24, 2.45) is 0 Å². The van der Waals surface area contributed by atoms with E-state index < -0.39 is 5.54 Å². The quantitative estimate of drug-likeness (QED) is 0.897. The summed E-state index contributed by atoms with van der Waals surface area (Å²) in [6.07, 6.45) is 0. The molecule has 0 saturated heterocycles. The van der Waals surface area contributed by atoms with Gasteiger partial charge < -0.3 is 10.1 Å². The van der Waals surface area contributed by atoms with Crippen LogP contribution >= 0.6 is 27.5 Å². The van der Waals surface area contributed by atoms with Gasteiger partial charge >= 0.3 is 0 Å². The molecule has 17 heavy (non-hydrogen) atoms. The molecular weight excluding hydrogens is 304 g/mol. The number of anilines is 1. The molecule has 1 rings (SSSR count). The lowest BCUT2D eigenvalue weighted by Gasteiger charge is -2.24. The molecule has 0 amide bonds. The van der Waals surface area contributed by atoms with E-state index >= 15 is 0 Å². The van der Waals surface area contributed by atoms with Crippen molar-refractivity contribution in [1.29, 1.82) is 5.26 Å². The van der Waals surface area contributed by atoms with Crippen molar-refractivity contribution < 1.29 is 4.74 Å². The lowest BCUT2D eigenvalue weighted by Crippen LogP contribution is -2.38. The van der Waals surface area contributed by atoms with Gasteiger partial charge in [0.25, 0.3) is 0 Å². The summed E-state index contributed by atoms with van der Waals surface area (Å²) in [5.74, 6) is 0. The Kier molecular flexibility index (Phi) is 5.26. The molecule has 0 saturated carbocycles. The van der Waals surface area contributed by atoms with Crippen LogP contribution in [-0.4, -0.2) is 18.8 Å². The molecule has 92 valence electrons. The Bertz CT molecular complexity index is 433. The molecule has 1 aromatic rings. The maximum absolute atomic E-state index is 9.17. The van der Waals surface area contributed by atoms with Crippen molar-refractivity contribution in [1.82, 2.24) is 0 Å². The molecule has 0 aliphatic carbocycles. The normalized spacial score (nSPS) is 13.8. The van der Waals surface area contributed by atoms with Crippen molar-refractivity contribution >= 4 is 33.2 Å². The predicted octanol–water partition coefficient (Wildman–Crippen LogP) is 3.83. The van der Waals surface area contributed by atoms with E-state index in [1.165, 1.54) is 0 Å². The molecule has 1 aromatic carbocycles. The summed E-state index contributed by atoms with van der Waals surface area (Å²) < 4.78 is 6.09. The number of benzene rings is 1. The van der Waals surface area contributed by atoms with Gasteiger partial charge in [0.15, 0.2) is 0 Å². The minimum absolute atomic E-state index is 0.334. The number of hydrogen-bond donors (Lipinski definition) is 1. The van der Waals surface area contributed by atoms with E-state index in [0.29, 0.717) is 18.2 Å². The van der Waals surface area contributed by atoms with Crippen LogP contribution in [0.25, 0.3) is 0 Å². The molecule has 0 heterocycles. The number of ether oxygens (including phenoxy) is 1. The molecule has 0 aliphatic rings. The van der Waals surface area contributed by atoms with Crippen LogP contribution in [0, 0.1) is 11.3 Å². The van der Waals surface area contributed by atoms with Crippen LogP contribution in [0.5, 0.6) is 0 Å². The molecule has 5 heteroatoms. The first-order valence-corrected chi connectivity index (χ1v) is 6.40. The third-order valence-corrected chi connectivity index (χ3v) is 3.40. The first-order valence-electron chi connectivity index (χ1n) is 5.23. The van der Waals surface area contributed by atoms with Crippen LogP contribution in [-0.2, 0) is 4.74 Å². The summed E-state index contributed by atoms with van der Waals surface area (Å²) in [4.78, 5) is 0. The third kappa shape index (κ3) is 4.19. The highest BCUT2D eigenvalue weighted by Crippen LogP contribution is 2.27. The second-order valence-electron chi connectivity index (χ2n) is 3.83. The smallest absolute Gasteiger partial charge is 0.146 e. The summed E-state index contributed by atoms with van der Waals surface area (Å²) in [6, 6.07) is 7.65. The fourth-order valence-corrected chi connectivity index (χ4v) is 1.79. The van der Waals surface area contributed by atoms with Crippen molar-refractivity contribution in [3.8, 4) is 6.07 Å². The second kappa shape index (κ2) is 6.25. The Morgan fingerprint density at radius 1 is 1.59 bits per heavy atom. The Hall–Kier alpha value is -0.760. The summed E-state index contributed by atoms with van der Waals surface area (Å²) in [5, 5.41) is 12.9. The summed E-state index contributed by atoms with van der Waals surface area (Å²) in [5.41, 5.74) is 0.0774. The zero-order valence-corrected chi connectivity index (χ0v) is 12.1. The molecule has 0 spiro atoms. The highest BCUT2D eigenvalue weighted by Gasteiger charge is 2.23. The summed E-state index contributed by atoms with van der Waals surface area (Å²) in [6.45, 7) is 4.62. The van der Waals surface area contributed by atoms with E-state index in [1.54, 1.807) is 13.0 Å². The molecule has 0 aromatic heterocycles. The van der Waals surface area contributed by atoms with Gasteiger partial charge in [0.2, 0.25) is 0 Å². The van der Waals surface area contributed by atoms with Crippen LogP contribution in [0.3, 0.4) is 0 Å². The fraction of sp³-hybridized carbons (Fsp3) is 0.417. The average molecular weight is 318 g/mol. The zero-order valence-electron chi connectivity index (χ0n) is 9.76. The first-order chi connectivity index (χ1) is 8.00. The second-order valence-corrected chi connectivity index (χ2v) is 5.10. The third-order valence-electron chi connectivity index (χ3n) is 2.18. The zero-order chi connectivity index (χ0) is 12.9. The highest BCUT2D eigenvalue weighted by molar-refractivity contribution is 9.10. The first kappa shape index (κ1) is 14.3. The monoisotopic (exact) mass is 316 g/mol. The van der Waals surface area contributed by atoms with Crippen LogP contribution in [0.2, 0.25) is 5.02 Å². The minimum atomic E-state index is -0.747. The minimum Gasteiger partial charge on any atom is -0.378 e. The predicted molar refractivity (Wildman–Crippen MR) is 73.3 cm³/mol. The van der Waals surface area contributed by atoms with Gasteiger partial charge in [-0.05, 0) is 48.0 Å². The maximum Gasteiger partial charge on any atom is 0.146 e. The van der Waals surface area contributed by atoms with Gasteiger partial charge in [0.05, 0.1) is 17.7 Å².